The van der Waals surface area contributed by atoms with E-state index < -0.39 is 11.9 Å². The monoisotopic (exact) mass is 441 g/mol. The van der Waals surface area contributed by atoms with Crippen LogP contribution in [0.25, 0.3) is 22.5 Å². The maximum atomic E-state index is 13.5. The maximum absolute atomic E-state index is 13.5. The van der Waals surface area contributed by atoms with E-state index in [2.05, 4.69) is 21.1 Å². The average Bonchev–Trinajstić information content (AvgIpc) is 3.07. The summed E-state index contributed by atoms with van der Waals surface area (Å²) >= 11 is 3.26. The Kier molecular flexibility index (Phi) is 5.19. The molecule has 0 aliphatic heterocycles. The minimum absolute atomic E-state index is 0.119. The third-order valence-electron chi connectivity index (χ3n) is 4.12. The van der Waals surface area contributed by atoms with E-state index in [0.29, 0.717) is 12.2 Å². The van der Waals surface area contributed by atoms with Crippen LogP contribution in [-0.2, 0) is 12.6 Å². The molecular weight excluding hydrogens is 427 g/mol. The number of hydrogen-bond acceptors (Lipinski definition) is 4. The van der Waals surface area contributed by atoms with Gasteiger partial charge in [0.05, 0.1) is 18.2 Å². The Morgan fingerprint density at radius 2 is 1.85 bits per heavy atom. The second-order valence-electron chi connectivity index (χ2n) is 5.77. The van der Waals surface area contributed by atoms with Gasteiger partial charge in [-0.25, -0.2) is 0 Å². The quantitative estimate of drug-likeness (QED) is 0.533. The van der Waals surface area contributed by atoms with Crippen molar-refractivity contribution in [1.29, 1.82) is 0 Å². The van der Waals surface area contributed by atoms with Gasteiger partial charge in [-0.2, -0.15) is 13.2 Å². The standard InChI is InChI=1S/C19H15BrF3NO3/c1-3-10-8-13(14(25)9-15(10)26-2)17-16(11-4-6-12(20)7-5-11)18(24-27-17)19(21,22)23/h4-9,25H,3H2,1-2H3. The number of nitrogens with zero attached hydrogens (tertiary/aromatic N) is 1. The lowest BCUT2D eigenvalue weighted by Crippen LogP contribution is -2.07. The maximum Gasteiger partial charge on any atom is 0.437 e. The molecule has 0 spiro atoms. The van der Waals surface area contributed by atoms with Gasteiger partial charge >= 0.3 is 6.18 Å². The van der Waals surface area contributed by atoms with Crippen LogP contribution >= 0.6 is 15.9 Å². The smallest absolute Gasteiger partial charge is 0.437 e. The number of alkyl halides is 3. The van der Waals surface area contributed by atoms with Gasteiger partial charge in [0.25, 0.3) is 0 Å². The second-order valence-corrected chi connectivity index (χ2v) is 6.69. The van der Waals surface area contributed by atoms with E-state index in [9.17, 15) is 18.3 Å². The molecule has 1 N–H and O–H groups in total. The van der Waals surface area contributed by atoms with Crippen molar-refractivity contribution in [2.45, 2.75) is 19.5 Å². The van der Waals surface area contributed by atoms with E-state index in [0.717, 1.165) is 10.0 Å². The van der Waals surface area contributed by atoms with Crippen LogP contribution in [0.3, 0.4) is 0 Å². The third kappa shape index (κ3) is 3.66. The molecule has 142 valence electrons. The number of phenols is 1. The molecule has 3 aromatic rings. The molecule has 4 nitrogen and oxygen atoms in total. The lowest BCUT2D eigenvalue weighted by Gasteiger charge is -2.12. The molecular formula is C19H15BrF3NO3. The van der Waals surface area contributed by atoms with Crippen LogP contribution in [0.15, 0.2) is 45.4 Å². The van der Waals surface area contributed by atoms with Gasteiger partial charge in [0.15, 0.2) is 11.5 Å². The summed E-state index contributed by atoms with van der Waals surface area (Å²) in [5.74, 6) is 0.0336. The van der Waals surface area contributed by atoms with Crippen molar-refractivity contribution in [2.75, 3.05) is 7.11 Å². The molecule has 0 radical (unpaired) electrons. The largest absolute Gasteiger partial charge is 0.507 e. The van der Waals surface area contributed by atoms with Crippen molar-refractivity contribution in [3.05, 3.63) is 52.1 Å². The molecule has 0 fully saturated rings. The Morgan fingerprint density at radius 3 is 2.41 bits per heavy atom. The van der Waals surface area contributed by atoms with Gasteiger partial charge in [0.1, 0.15) is 11.5 Å². The minimum Gasteiger partial charge on any atom is -0.507 e. The zero-order valence-electron chi connectivity index (χ0n) is 14.4. The number of hydrogen-bond donors (Lipinski definition) is 1. The van der Waals surface area contributed by atoms with Crippen molar-refractivity contribution < 1.29 is 27.5 Å². The Balaban J connectivity index is 2.29. The number of phenolic OH excluding ortho intramolecular Hbond substituents is 1. The molecule has 1 aromatic heterocycles. The first-order chi connectivity index (χ1) is 12.8. The van der Waals surface area contributed by atoms with Crippen molar-refractivity contribution in [3.8, 4) is 33.9 Å². The molecule has 0 aliphatic carbocycles. The van der Waals surface area contributed by atoms with E-state index in [4.69, 9.17) is 9.26 Å². The van der Waals surface area contributed by atoms with Crippen LogP contribution in [0, 0.1) is 0 Å². The molecule has 1 heterocycles. The molecule has 0 unspecified atom stereocenters. The van der Waals surface area contributed by atoms with Crippen LogP contribution in [-0.4, -0.2) is 17.4 Å². The van der Waals surface area contributed by atoms with Crippen LogP contribution in [0.4, 0.5) is 13.2 Å². The second kappa shape index (κ2) is 7.26. The molecule has 0 atom stereocenters. The summed E-state index contributed by atoms with van der Waals surface area (Å²) in [6.07, 6.45) is -4.15. The van der Waals surface area contributed by atoms with Gasteiger partial charge in [0.2, 0.25) is 0 Å². The molecule has 0 saturated heterocycles. The summed E-state index contributed by atoms with van der Waals surface area (Å²) in [7, 11) is 1.46. The number of rotatable bonds is 4. The summed E-state index contributed by atoms with van der Waals surface area (Å²) in [6, 6.07) is 9.20. The predicted molar refractivity (Wildman–Crippen MR) is 97.7 cm³/mol. The zero-order valence-corrected chi connectivity index (χ0v) is 16.0. The van der Waals surface area contributed by atoms with E-state index in [1.807, 2.05) is 6.92 Å². The minimum atomic E-state index is -4.71. The van der Waals surface area contributed by atoms with Crippen molar-refractivity contribution >= 4 is 15.9 Å². The first kappa shape index (κ1) is 19.3. The average molecular weight is 442 g/mol. The van der Waals surface area contributed by atoms with Crippen LogP contribution in [0.5, 0.6) is 11.5 Å². The number of benzene rings is 2. The lowest BCUT2D eigenvalue weighted by molar-refractivity contribution is -0.142. The van der Waals surface area contributed by atoms with Crippen LogP contribution < -0.4 is 4.74 Å². The normalized spacial score (nSPS) is 11.6. The highest BCUT2D eigenvalue weighted by atomic mass is 79.9. The Labute approximate surface area is 161 Å². The Morgan fingerprint density at radius 1 is 1.19 bits per heavy atom. The van der Waals surface area contributed by atoms with E-state index in [-0.39, 0.29) is 28.2 Å². The van der Waals surface area contributed by atoms with Gasteiger partial charge in [-0.15, -0.1) is 0 Å². The number of methoxy groups -OCH3 is 1. The van der Waals surface area contributed by atoms with Gasteiger partial charge in [-0.1, -0.05) is 40.1 Å². The molecule has 0 aliphatic rings. The zero-order chi connectivity index (χ0) is 19.8. The molecule has 2 aromatic carbocycles. The molecule has 0 bridgehead atoms. The molecule has 8 heteroatoms. The highest BCUT2D eigenvalue weighted by molar-refractivity contribution is 9.10. The highest BCUT2D eigenvalue weighted by Gasteiger charge is 2.40. The van der Waals surface area contributed by atoms with Crippen molar-refractivity contribution in [3.63, 3.8) is 0 Å². The first-order valence-electron chi connectivity index (χ1n) is 7.99. The number of halogens is 4. The fourth-order valence-electron chi connectivity index (χ4n) is 2.81. The molecule has 3 rings (SSSR count). The van der Waals surface area contributed by atoms with E-state index in [1.165, 1.54) is 25.3 Å². The SMILES string of the molecule is CCc1cc(-c2onc(C(F)(F)F)c2-c2ccc(Br)cc2)c(O)cc1OC. The van der Waals surface area contributed by atoms with Gasteiger partial charge in [-0.3, -0.25) is 0 Å². The van der Waals surface area contributed by atoms with Gasteiger partial charge < -0.3 is 14.4 Å². The van der Waals surface area contributed by atoms with Crippen molar-refractivity contribution in [2.24, 2.45) is 0 Å². The Hall–Kier alpha value is -2.48. The fraction of sp³-hybridized carbons (Fsp3) is 0.211. The third-order valence-corrected chi connectivity index (χ3v) is 4.65. The van der Waals surface area contributed by atoms with Gasteiger partial charge in [-0.05, 0) is 35.7 Å². The number of ether oxygens (including phenoxy) is 1. The highest BCUT2D eigenvalue weighted by Crippen LogP contribution is 2.45. The summed E-state index contributed by atoms with van der Waals surface area (Å²) in [5, 5.41) is 13.6. The van der Waals surface area contributed by atoms with E-state index >= 15 is 0 Å². The summed E-state index contributed by atoms with van der Waals surface area (Å²) in [6.45, 7) is 1.87. The summed E-state index contributed by atoms with van der Waals surface area (Å²) in [4.78, 5) is 0. The fourth-order valence-corrected chi connectivity index (χ4v) is 3.08. The molecule has 27 heavy (non-hydrogen) atoms. The summed E-state index contributed by atoms with van der Waals surface area (Å²) in [5.41, 5.74) is -0.258. The lowest BCUT2D eigenvalue weighted by atomic mass is 9.97. The number of aryl methyl sites for hydroxylation is 1. The Bertz CT molecular complexity index is 966. The first-order valence-corrected chi connectivity index (χ1v) is 8.78. The topological polar surface area (TPSA) is 55.5 Å². The van der Waals surface area contributed by atoms with Crippen LogP contribution in [0.2, 0.25) is 0 Å². The molecule has 0 saturated carbocycles. The summed E-state index contributed by atoms with van der Waals surface area (Å²) < 4.78 is 51.5. The van der Waals surface area contributed by atoms with Gasteiger partial charge in [0, 0.05) is 10.5 Å². The predicted octanol–water partition coefficient (Wildman–Crippen LogP) is 6.07. The van der Waals surface area contributed by atoms with Crippen LogP contribution in [0.1, 0.15) is 18.2 Å². The van der Waals surface area contributed by atoms with Crippen molar-refractivity contribution in [1.82, 2.24) is 5.16 Å². The molecule has 0 amide bonds. The number of aromatic nitrogens is 1. The van der Waals surface area contributed by atoms with E-state index in [1.54, 1.807) is 18.2 Å². The number of aromatic hydroxyl groups is 1.